The van der Waals surface area contributed by atoms with Gasteiger partial charge in [-0.15, -0.1) is 11.6 Å². The number of carbonyl (C=O) groups excluding carboxylic acids is 1. The molecule has 1 N–H and O–H groups in total. The van der Waals surface area contributed by atoms with Crippen molar-refractivity contribution in [2.24, 2.45) is 5.92 Å². The summed E-state index contributed by atoms with van der Waals surface area (Å²) in [6.07, 6.45) is 0.485. The molecule has 1 aliphatic heterocycles. The van der Waals surface area contributed by atoms with Gasteiger partial charge < -0.3 is 10.0 Å². The fourth-order valence-corrected chi connectivity index (χ4v) is 2.31. The Hall–Kier alpha value is -1.55. The van der Waals surface area contributed by atoms with Crippen molar-refractivity contribution in [2.45, 2.75) is 12.8 Å². The van der Waals surface area contributed by atoms with Crippen LogP contribution >= 0.6 is 11.6 Å². The van der Waals surface area contributed by atoms with Crippen molar-refractivity contribution < 1.29 is 14.7 Å². The molecule has 1 heterocycles. The normalized spacial score (nSPS) is 19.3. The molecule has 1 amide bonds. The van der Waals surface area contributed by atoms with E-state index in [1.165, 1.54) is 0 Å². The molecule has 5 heteroatoms. The molecule has 1 aromatic rings. The second-order valence-electron chi connectivity index (χ2n) is 4.47. The Balaban J connectivity index is 2.10. The van der Waals surface area contributed by atoms with Crippen LogP contribution in [0.3, 0.4) is 0 Å². The first kappa shape index (κ1) is 12.9. The smallest absolute Gasteiger partial charge is 0.307 e. The molecule has 0 aromatic heterocycles. The number of hydrogen-bond donors (Lipinski definition) is 1. The minimum absolute atomic E-state index is 0.00146. The van der Waals surface area contributed by atoms with Gasteiger partial charge in [0.15, 0.2) is 0 Å². The zero-order chi connectivity index (χ0) is 13.1. The predicted molar refractivity (Wildman–Crippen MR) is 69.0 cm³/mol. The van der Waals surface area contributed by atoms with E-state index < -0.39 is 5.97 Å². The Morgan fingerprint density at radius 1 is 1.39 bits per heavy atom. The minimum atomic E-state index is -0.859. The molecule has 0 bridgehead atoms. The van der Waals surface area contributed by atoms with Crippen molar-refractivity contribution in [1.29, 1.82) is 0 Å². The molecule has 1 aromatic carbocycles. The molecule has 1 atom stereocenters. The lowest BCUT2D eigenvalue weighted by Crippen LogP contribution is -2.24. The highest BCUT2D eigenvalue weighted by Gasteiger charge is 2.29. The summed E-state index contributed by atoms with van der Waals surface area (Å²) in [6, 6.07) is 7.05. The monoisotopic (exact) mass is 267 g/mol. The number of amides is 1. The summed E-state index contributed by atoms with van der Waals surface area (Å²) in [5, 5.41) is 8.68. The highest BCUT2D eigenvalue weighted by molar-refractivity contribution is 6.18. The number of carboxylic acid groups (broad SMARTS) is 1. The minimum Gasteiger partial charge on any atom is -0.481 e. The van der Waals surface area contributed by atoms with Crippen LogP contribution in [0.5, 0.6) is 0 Å². The number of carbonyl (C=O) groups is 2. The lowest BCUT2D eigenvalue weighted by atomic mass is 10.1. The predicted octanol–water partition coefficient (Wildman–Crippen LogP) is 1.91. The van der Waals surface area contributed by atoms with Crippen molar-refractivity contribution in [3.8, 4) is 0 Å². The van der Waals surface area contributed by atoms with E-state index in [-0.39, 0.29) is 18.2 Å². The summed E-state index contributed by atoms with van der Waals surface area (Å²) < 4.78 is 0. The van der Waals surface area contributed by atoms with Crippen LogP contribution in [0.15, 0.2) is 24.3 Å². The van der Waals surface area contributed by atoms with E-state index in [2.05, 4.69) is 0 Å². The first-order chi connectivity index (χ1) is 8.60. The molecule has 0 saturated carbocycles. The van der Waals surface area contributed by atoms with Crippen molar-refractivity contribution in [3.63, 3.8) is 0 Å². The third-order valence-corrected chi connectivity index (χ3v) is 3.46. The van der Waals surface area contributed by atoms with Crippen molar-refractivity contribution in [1.82, 2.24) is 0 Å². The van der Waals surface area contributed by atoms with Crippen molar-refractivity contribution in [2.75, 3.05) is 17.3 Å². The molecule has 1 fully saturated rings. The molecule has 4 nitrogen and oxygen atoms in total. The first-order valence-electron chi connectivity index (χ1n) is 5.77. The van der Waals surface area contributed by atoms with Gasteiger partial charge in [0, 0.05) is 24.5 Å². The third-order valence-electron chi connectivity index (χ3n) is 3.03. The van der Waals surface area contributed by atoms with Crippen LogP contribution in [-0.2, 0) is 16.0 Å². The van der Waals surface area contributed by atoms with Crippen LogP contribution in [0.2, 0.25) is 0 Å². The van der Waals surface area contributed by atoms with Gasteiger partial charge in [-0.05, 0) is 23.6 Å². The molecule has 0 radical (unpaired) electrons. The Morgan fingerprint density at radius 3 is 2.56 bits per heavy atom. The summed E-state index contributed by atoms with van der Waals surface area (Å²) in [6.45, 7) is 0.639. The standard InChI is InChI=1S/C13H14ClNO3/c14-7-10-5-12(16)15(8-10)11-3-1-9(2-4-11)6-13(17)18/h1-4,10H,5-8H2,(H,17,18). The highest BCUT2D eigenvalue weighted by atomic mass is 35.5. The molecule has 1 saturated heterocycles. The number of rotatable bonds is 4. The quantitative estimate of drug-likeness (QED) is 0.848. The van der Waals surface area contributed by atoms with Crippen LogP contribution in [-0.4, -0.2) is 29.4 Å². The molecule has 0 aliphatic carbocycles. The summed E-state index contributed by atoms with van der Waals surface area (Å²) >= 11 is 5.76. The molecule has 96 valence electrons. The number of halogens is 1. The van der Waals surface area contributed by atoms with E-state index in [1.54, 1.807) is 29.2 Å². The third kappa shape index (κ3) is 2.82. The van der Waals surface area contributed by atoms with E-state index in [0.29, 0.717) is 18.8 Å². The number of anilines is 1. The van der Waals surface area contributed by atoms with Crippen LogP contribution in [0.25, 0.3) is 0 Å². The van der Waals surface area contributed by atoms with E-state index in [0.717, 1.165) is 11.3 Å². The fourth-order valence-electron chi connectivity index (χ4n) is 2.10. The average molecular weight is 268 g/mol. The SMILES string of the molecule is O=C(O)Cc1ccc(N2CC(CCl)CC2=O)cc1. The van der Waals surface area contributed by atoms with Gasteiger partial charge >= 0.3 is 5.97 Å². The Kier molecular flexibility index (Phi) is 3.87. The fraction of sp³-hybridized carbons (Fsp3) is 0.385. The average Bonchev–Trinajstić information content (AvgIpc) is 2.71. The lowest BCUT2D eigenvalue weighted by molar-refractivity contribution is -0.136. The number of benzene rings is 1. The Bertz CT molecular complexity index is 458. The largest absolute Gasteiger partial charge is 0.481 e. The molecule has 1 aliphatic rings. The second-order valence-corrected chi connectivity index (χ2v) is 4.77. The highest BCUT2D eigenvalue weighted by Crippen LogP contribution is 2.25. The van der Waals surface area contributed by atoms with Gasteiger partial charge in [-0.1, -0.05) is 12.1 Å². The number of carboxylic acids is 1. The van der Waals surface area contributed by atoms with Crippen LogP contribution < -0.4 is 4.90 Å². The summed E-state index contributed by atoms with van der Waals surface area (Å²) in [5.41, 5.74) is 1.54. The molecule has 18 heavy (non-hydrogen) atoms. The maximum Gasteiger partial charge on any atom is 0.307 e. The van der Waals surface area contributed by atoms with Gasteiger partial charge in [0.2, 0.25) is 5.91 Å². The zero-order valence-electron chi connectivity index (χ0n) is 9.80. The van der Waals surface area contributed by atoms with E-state index >= 15 is 0 Å². The maximum atomic E-state index is 11.8. The van der Waals surface area contributed by atoms with E-state index in [1.807, 2.05) is 0 Å². The summed E-state index contributed by atoms with van der Waals surface area (Å²) in [7, 11) is 0. The molecule has 1 unspecified atom stereocenters. The first-order valence-corrected chi connectivity index (χ1v) is 6.30. The number of hydrogen-bond acceptors (Lipinski definition) is 2. The zero-order valence-corrected chi connectivity index (χ0v) is 10.6. The van der Waals surface area contributed by atoms with Crippen LogP contribution in [0, 0.1) is 5.92 Å². The van der Waals surface area contributed by atoms with E-state index in [4.69, 9.17) is 16.7 Å². The van der Waals surface area contributed by atoms with Gasteiger partial charge in [0.05, 0.1) is 6.42 Å². The molecular weight excluding hydrogens is 254 g/mol. The van der Waals surface area contributed by atoms with Gasteiger partial charge in [0.1, 0.15) is 0 Å². The van der Waals surface area contributed by atoms with E-state index in [9.17, 15) is 9.59 Å². The molecular formula is C13H14ClNO3. The molecule has 0 spiro atoms. The summed E-state index contributed by atoms with van der Waals surface area (Å²) in [5.74, 6) is -0.0917. The Labute approximate surface area is 110 Å². The lowest BCUT2D eigenvalue weighted by Gasteiger charge is -2.16. The Morgan fingerprint density at radius 2 is 2.06 bits per heavy atom. The topological polar surface area (TPSA) is 57.6 Å². The van der Waals surface area contributed by atoms with Gasteiger partial charge in [-0.3, -0.25) is 9.59 Å². The maximum absolute atomic E-state index is 11.8. The number of nitrogens with zero attached hydrogens (tertiary/aromatic N) is 1. The number of alkyl halides is 1. The van der Waals surface area contributed by atoms with Crippen LogP contribution in [0.1, 0.15) is 12.0 Å². The second kappa shape index (κ2) is 5.40. The number of aliphatic carboxylic acids is 1. The van der Waals surface area contributed by atoms with Gasteiger partial charge in [-0.25, -0.2) is 0 Å². The van der Waals surface area contributed by atoms with Crippen LogP contribution in [0.4, 0.5) is 5.69 Å². The van der Waals surface area contributed by atoms with Gasteiger partial charge in [-0.2, -0.15) is 0 Å². The summed E-state index contributed by atoms with van der Waals surface area (Å²) in [4.78, 5) is 24.1. The van der Waals surface area contributed by atoms with Crippen molar-refractivity contribution >= 4 is 29.2 Å². The van der Waals surface area contributed by atoms with Crippen molar-refractivity contribution in [3.05, 3.63) is 29.8 Å². The molecule has 2 rings (SSSR count). The van der Waals surface area contributed by atoms with Gasteiger partial charge in [0.25, 0.3) is 0 Å².